The summed E-state index contributed by atoms with van der Waals surface area (Å²) in [5, 5.41) is 2.39. The van der Waals surface area contributed by atoms with E-state index >= 15 is 0 Å². The zero-order chi connectivity index (χ0) is 12.8. The molecule has 1 fully saturated rings. The van der Waals surface area contributed by atoms with E-state index in [-0.39, 0.29) is 13.0 Å². The zero-order valence-corrected chi connectivity index (χ0v) is 9.51. The van der Waals surface area contributed by atoms with Crippen LogP contribution in [0.25, 0.3) is 0 Å². The summed E-state index contributed by atoms with van der Waals surface area (Å²) in [4.78, 5) is 0. The summed E-state index contributed by atoms with van der Waals surface area (Å²) in [6, 6.07) is 0. The molecule has 1 unspecified atom stereocenters. The predicted molar refractivity (Wildman–Crippen MR) is 50.4 cm³/mol. The van der Waals surface area contributed by atoms with Gasteiger partial charge in [-0.2, -0.15) is 22.0 Å². The number of rotatable bonds is 1. The zero-order valence-electron chi connectivity index (χ0n) is 9.51. The topological polar surface area (TPSA) is 12.0 Å². The number of nitrogens with one attached hydrogen (secondary N) is 1. The van der Waals surface area contributed by atoms with Gasteiger partial charge < -0.3 is 5.32 Å². The molecule has 0 saturated carbocycles. The third-order valence-electron chi connectivity index (χ3n) is 3.33. The number of hydrogen-bond acceptors (Lipinski definition) is 1. The van der Waals surface area contributed by atoms with Crippen LogP contribution in [0.1, 0.15) is 33.6 Å². The van der Waals surface area contributed by atoms with E-state index in [1.54, 1.807) is 0 Å². The quantitative estimate of drug-likeness (QED) is 0.698. The van der Waals surface area contributed by atoms with E-state index in [2.05, 4.69) is 5.32 Å². The van der Waals surface area contributed by atoms with Crippen molar-refractivity contribution in [2.75, 3.05) is 6.54 Å². The molecule has 0 aromatic heterocycles. The molecule has 6 heteroatoms. The predicted octanol–water partition coefficient (Wildman–Crippen LogP) is 3.35. The highest BCUT2D eigenvalue weighted by Gasteiger charge is 2.73. The number of hydrogen-bond donors (Lipinski definition) is 1. The Morgan fingerprint density at radius 1 is 1.00 bits per heavy atom. The van der Waals surface area contributed by atoms with Gasteiger partial charge in [-0.05, 0) is 24.8 Å². The van der Waals surface area contributed by atoms with E-state index in [0.29, 0.717) is 6.42 Å². The molecule has 16 heavy (non-hydrogen) atoms. The molecule has 0 spiro atoms. The van der Waals surface area contributed by atoms with Crippen LogP contribution >= 0.6 is 0 Å². The largest absolute Gasteiger partial charge is 0.455 e. The highest BCUT2D eigenvalue weighted by molar-refractivity contribution is 5.13. The van der Waals surface area contributed by atoms with Crippen LogP contribution in [-0.4, -0.2) is 24.2 Å². The summed E-state index contributed by atoms with van der Waals surface area (Å²) in [6.07, 6.45) is -5.34. The average molecular weight is 245 g/mol. The van der Waals surface area contributed by atoms with Crippen LogP contribution in [0, 0.1) is 5.41 Å². The van der Waals surface area contributed by atoms with Gasteiger partial charge in [0.25, 0.3) is 0 Å². The van der Waals surface area contributed by atoms with Gasteiger partial charge in [-0.3, -0.25) is 0 Å². The second kappa shape index (κ2) is 3.55. The van der Waals surface area contributed by atoms with Gasteiger partial charge in [-0.25, -0.2) is 0 Å². The summed E-state index contributed by atoms with van der Waals surface area (Å²) < 4.78 is 64.6. The van der Waals surface area contributed by atoms with Crippen LogP contribution in [0.15, 0.2) is 0 Å². The van der Waals surface area contributed by atoms with Crippen molar-refractivity contribution >= 4 is 0 Å². The molecule has 1 N–H and O–H groups in total. The molecule has 1 saturated heterocycles. The maximum atomic E-state index is 13.6. The standard InChI is InChI=1S/C10H16F5N/c1-7(2,3)8(5-4-6-16-8)9(11,12)10(13,14)15/h16H,4-6H2,1-3H3. The van der Waals surface area contributed by atoms with E-state index < -0.39 is 23.1 Å². The second-order valence-corrected chi connectivity index (χ2v) is 5.26. The summed E-state index contributed by atoms with van der Waals surface area (Å²) >= 11 is 0. The number of halogens is 5. The van der Waals surface area contributed by atoms with E-state index in [0.717, 1.165) is 0 Å². The third-order valence-corrected chi connectivity index (χ3v) is 3.33. The van der Waals surface area contributed by atoms with Gasteiger partial charge in [0.05, 0.1) is 5.54 Å². The van der Waals surface area contributed by atoms with Crippen molar-refractivity contribution in [2.45, 2.75) is 51.3 Å². The van der Waals surface area contributed by atoms with Gasteiger partial charge >= 0.3 is 12.1 Å². The normalized spacial score (nSPS) is 28.5. The third kappa shape index (κ3) is 1.71. The molecule has 96 valence electrons. The minimum Gasteiger partial charge on any atom is -0.305 e. The molecule has 1 aliphatic rings. The molecule has 0 amide bonds. The van der Waals surface area contributed by atoms with E-state index in [1.807, 2.05) is 0 Å². The van der Waals surface area contributed by atoms with Crippen molar-refractivity contribution < 1.29 is 22.0 Å². The highest BCUT2D eigenvalue weighted by atomic mass is 19.4. The fraction of sp³-hybridized carbons (Fsp3) is 1.00. The van der Waals surface area contributed by atoms with E-state index in [9.17, 15) is 22.0 Å². The maximum Gasteiger partial charge on any atom is 0.455 e. The number of alkyl halides is 5. The Hall–Kier alpha value is -0.390. The Bertz CT molecular complexity index is 257. The van der Waals surface area contributed by atoms with Gasteiger partial charge in [-0.15, -0.1) is 0 Å². The van der Waals surface area contributed by atoms with Crippen molar-refractivity contribution in [1.82, 2.24) is 5.32 Å². The first kappa shape index (κ1) is 13.7. The molecule has 0 bridgehead atoms. The Balaban J connectivity index is 3.23. The van der Waals surface area contributed by atoms with Crippen LogP contribution in [0.4, 0.5) is 22.0 Å². The minimum absolute atomic E-state index is 0.164. The first-order chi connectivity index (χ1) is 6.96. The first-order valence-corrected chi connectivity index (χ1v) is 5.15. The SMILES string of the molecule is CC(C)(C)C1(C(F)(F)C(F)(F)F)CCCN1. The van der Waals surface area contributed by atoms with Gasteiger partial charge in [0.2, 0.25) is 0 Å². The summed E-state index contributed by atoms with van der Waals surface area (Å²) in [7, 11) is 0. The van der Waals surface area contributed by atoms with Crippen LogP contribution in [-0.2, 0) is 0 Å². The summed E-state index contributed by atoms with van der Waals surface area (Å²) in [6.45, 7) is 4.42. The van der Waals surface area contributed by atoms with Crippen molar-refractivity contribution in [3.05, 3.63) is 0 Å². The molecule has 1 nitrogen and oxygen atoms in total. The first-order valence-electron chi connectivity index (χ1n) is 5.15. The lowest BCUT2D eigenvalue weighted by Crippen LogP contribution is -2.68. The van der Waals surface area contributed by atoms with Crippen LogP contribution in [0.5, 0.6) is 0 Å². The molecular weight excluding hydrogens is 229 g/mol. The van der Waals surface area contributed by atoms with E-state index in [4.69, 9.17) is 0 Å². The van der Waals surface area contributed by atoms with Gasteiger partial charge in [-0.1, -0.05) is 20.8 Å². The lowest BCUT2D eigenvalue weighted by atomic mass is 9.68. The Morgan fingerprint density at radius 3 is 1.75 bits per heavy atom. The van der Waals surface area contributed by atoms with E-state index in [1.165, 1.54) is 20.8 Å². The summed E-state index contributed by atoms with van der Waals surface area (Å²) in [5.41, 5.74) is -3.36. The molecular formula is C10H16F5N. The van der Waals surface area contributed by atoms with Gasteiger partial charge in [0.15, 0.2) is 0 Å². The van der Waals surface area contributed by atoms with Crippen LogP contribution in [0.3, 0.4) is 0 Å². The Kier molecular flexibility index (Phi) is 3.03. The minimum atomic E-state index is -5.52. The molecule has 1 heterocycles. The molecule has 1 rings (SSSR count). The second-order valence-electron chi connectivity index (χ2n) is 5.26. The maximum absolute atomic E-state index is 13.6. The molecule has 0 radical (unpaired) electrons. The van der Waals surface area contributed by atoms with Crippen LogP contribution in [0.2, 0.25) is 0 Å². The van der Waals surface area contributed by atoms with Crippen molar-refractivity contribution in [3.63, 3.8) is 0 Å². The summed E-state index contributed by atoms with van der Waals surface area (Å²) in [5.74, 6) is -4.71. The molecule has 0 aromatic rings. The van der Waals surface area contributed by atoms with Crippen LogP contribution < -0.4 is 5.32 Å². The van der Waals surface area contributed by atoms with Crippen molar-refractivity contribution in [1.29, 1.82) is 0 Å². The highest BCUT2D eigenvalue weighted by Crippen LogP contribution is 2.54. The lowest BCUT2D eigenvalue weighted by Gasteiger charge is -2.47. The van der Waals surface area contributed by atoms with Gasteiger partial charge in [0.1, 0.15) is 0 Å². The lowest BCUT2D eigenvalue weighted by molar-refractivity contribution is -0.322. The smallest absolute Gasteiger partial charge is 0.305 e. The molecule has 1 aliphatic heterocycles. The molecule has 1 atom stereocenters. The molecule has 0 aromatic carbocycles. The molecule has 0 aliphatic carbocycles. The Labute approximate surface area is 91.4 Å². The van der Waals surface area contributed by atoms with Gasteiger partial charge in [0, 0.05) is 0 Å². The monoisotopic (exact) mass is 245 g/mol. The fourth-order valence-electron chi connectivity index (χ4n) is 2.36. The van der Waals surface area contributed by atoms with Crippen molar-refractivity contribution in [3.8, 4) is 0 Å². The van der Waals surface area contributed by atoms with Crippen molar-refractivity contribution in [2.24, 2.45) is 5.41 Å². The Morgan fingerprint density at radius 2 is 1.50 bits per heavy atom. The fourth-order valence-corrected chi connectivity index (χ4v) is 2.36. The average Bonchev–Trinajstić information content (AvgIpc) is 2.48.